The Morgan fingerprint density at radius 3 is 1.78 bits per heavy atom. The van der Waals surface area contributed by atoms with E-state index in [2.05, 4.69) is 180 Å². The van der Waals surface area contributed by atoms with Crippen LogP contribution < -0.4 is 0 Å². The average Bonchev–Trinajstić information content (AvgIpc) is 3.83. The SMILES string of the molecule is c1ccc(-c2nc(-c3ccc4c5ccccc5n(-c5ccccc5)c4c3)nc(-c3ccc(-c4cccc5oc6cc7ccccc7cc6c45)c4ccccc34)n2)cc1. The largest absolute Gasteiger partial charge is 0.456 e. The van der Waals surface area contributed by atoms with E-state index in [1.54, 1.807) is 0 Å². The zero-order chi connectivity index (χ0) is 38.2. The third-order valence-electron chi connectivity index (χ3n) is 11.4. The van der Waals surface area contributed by atoms with Crippen LogP contribution >= 0.6 is 0 Å². The fourth-order valence-corrected chi connectivity index (χ4v) is 8.77. The first-order valence-corrected chi connectivity index (χ1v) is 19.5. The minimum absolute atomic E-state index is 0.616. The average molecular weight is 741 g/mol. The zero-order valence-corrected chi connectivity index (χ0v) is 31.2. The molecule has 0 unspecified atom stereocenters. The number of hydrogen-bond acceptors (Lipinski definition) is 4. The Balaban J connectivity index is 1.07. The summed E-state index contributed by atoms with van der Waals surface area (Å²) in [7, 11) is 0. The van der Waals surface area contributed by atoms with Crippen molar-refractivity contribution >= 4 is 65.3 Å². The first kappa shape index (κ1) is 32.4. The van der Waals surface area contributed by atoms with Gasteiger partial charge in [-0.2, -0.15) is 0 Å². The molecule has 0 atom stereocenters. The van der Waals surface area contributed by atoms with E-state index in [-0.39, 0.29) is 0 Å². The van der Waals surface area contributed by atoms with Gasteiger partial charge in [0.15, 0.2) is 17.5 Å². The van der Waals surface area contributed by atoms with Crippen LogP contribution in [0.1, 0.15) is 0 Å². The van der Waals surface area contributed by atoms with Crippen molar-refractivity contribution in [1.29, 1.82) is 0 Å². The minimum atomic E-state index is 0.616. The molecule has 0 aliphatic carbocycles. The Morgan fingerprint density at radius 1 is 0.345 bits per heavy atom. The van der Waals surface area contributed by atoms with E-state index in [4.69, 9.17) is 19.4 Å². The summed E-state index contributed by atoms with van der Waals surface area (Å²) in [6.45, 7) is 0. The summed E-state index contributed by atoms with van der Waals surface area (Å²) in [5.74, 6) is 1.86. The number of furan rings is 1. The fourth-order valence-electron chi connectivity index (χ4n) is 8.77. The summed E-state index contributed by atoms with van der Waals surface area (Å²) < 4.78 is 8.81. The topological polar surface area (TPSA) is 56.7 Å². The highest BCUT2D eigenvalue weighted by atomic mass is 16.3. The van der Waals surface area contributed by atoms with Crippen molar-refractivity contribution in [3.05, 3.63) is 194 Å². The first-order chi connectivity index (χ1) is 28.7. The number of nitrogens with zero attached hydrogens (tertiary/aromatic N) is 4. The number of rotatable bonds is 5. The van der Waals surface area contributed by atoms with E-state index in [0.717, 1.165) is 82.6 Å². The molecular weight excluding hydrogens is 709 g/mol. The van der Waals surface area contributed by atoms with Gasteiger partial charge < -0.3 is 8.98 Å². The van der Waals surface area contributed by atoms with Crippen LogP contribution in [0.5, 0.6) is 0 Å². The van der Waals surface area contributed by atoms with Gasteiger partial charge in [-0.05, 0) is 81.2 Å². The molecule has 0 saturated carbocycles. The Labute approximate surface area is 333 Å². The summed E-state index contributed by atoms with van der Waals surface area (Å²) in [5, 5.41) is 9.12. The molecule has 0 aliphatic rings. The Hall–Kier alpha value is -7.89. The molecule has 0 fully saturated rings. The molecule has 12 aromatic rings. The van der Waals surface area contributed by atoms with Crippen LogP contribution in [0, 0.1) is 0 Å². The van der Waals surface area contributed by atoms with Gasteiger partial charge >= 0.3 is 0 Å². The smallest absolute Gasteiger partial charge is 0.164 e. The summed E-state index contributed by atoms with van der Waals surface area (Å²) in [5.41, 5.74) is 10.1. The number of aromatic nitrogens is 4. The molecule has 270 valence electrons. The molecule has 5 heteroatoms. The predicted molar refractivity (Wildman–Crippen MR) is 238 cm³/mol. The van der Waals surface area contributed by atoms with Crippen LogP contribution in [0.15, 0.2) is 199 Å². The van der Waals surface area contributed by atoms with Crippen LogP contribution in [-0.2, 0) is 0 Å². The quantitative estimate of drug-likeness (QED) is 0.176. The number of fused-ring (bicyclic) bond motifs is 8. The molecule has 0 bridgehead atoms. The van der Waals surface area contributed by atoms with Crippen LogP contribution in [0.25, 0.3) is 116 Å². The van der Waals surface area contributed by atoms with Crippen molar-refractivity contribution in [3.8, 4) is 51.0 Å². The standard InChI is InChI=1S/C53H32N4O/c1-3-14-33(15-4-1)51-54-52(36-26-27-42-41-22-11-12-24-46(41)57(47(42)31-36)37-18-5-2-6-19-37)56-53(55-51)44-29-28-40(38-20-9-10-21-39(38)44)43-23-13-25-48-50(43)45-30-34-16-7-8-17-35(34)32-49(45)58-48/h1-32H. The summed E-state index contributed by atoms with van der Waals surface area (Å²) >= 11 is 0. The van der Waals surface area contributed by atoms with Gasteiger partial charge in [-0.1, -0.05) is 146 Å². The first-order valence-electron chi connectivity index (χ1n) is 19.5. The molecule has 0 saturated heterocycles. The molecule has 0 N–H and O–H groups in total. The molecule has 58 heavy (non-hydrogen) atoms. The van der Waals surface area contributed by atoms with Crippen LogP contribution in [-0.4, -0.2) is 19.5 Å². The third-order valence-corrected chi connectivity index (χ3v) is 11.4. The van der Waals surface area contributed by atoms with Crippen LogP contribution in [0.3, 0.4) is 0 Å². The normalized spacial score (nSPS) is 11.8. The molecule has 0 radical (unpaired) electrons. The third kappa shape index (κ3) is 5.07. The molecule has 5 nitrogen and oxygen atoms in total. The predicted octanol–water partition coefficient (Wildman–Crippen LogP) is 13.8. The monoisotopic (exact) mass is 740 g/mol. The van der Waals surface area contributed by atoms with Gasteiger partial charge in [0.1, 0.15) is 11.2 Å². The van der Waals surface area contributed by atoms with Gasteiger partial charge in [0.25, 0.3) is 0 Å². The van der Waals surface area contributed by atoms with Crippen LogP contribution in [0.2, 0.25) is 0 Å². The van der Waals surface area contributed by atoms with E-state index in [0.29, 0.717) is 17.5 Å². The highest BCUT2D eigenvalue weighted by molar-refractivity contribution is 6.18. The van der Waals surface area contributed by atoms with E-state index in [1.165, 1.54) is 16.2 Å². The number of hydrogen-bond donors (Lipinski definition) is 0. The molecule has 0 aliphatic heterocycles. The second kappa shape index (κ2) is 12.8. The number of benzene rings is 9. The van der Waals surface area contributed by atoms with Crippen molar-refractivity contribution in [1.82, 2.24) is 19.5 Å². The van der Waals surface area contributed by atoms with Gasteiger partial charge in [-0.15, -0.1) is 0 Å². The zero-order valence-electron chi connectivity index (χ0n) is 31.2. The number of para-hydroxylation sites is 2. The lowest BCUT2D eigenvalue weighted by Gasteiger charge is -2.14. The lowest BCUT2D eigenvalue weighted by molar-refractivity contribution is 0.669. The molecule has 3 aromatic heterocycles. The Morgan fingerprint density at radius 2 is 0.966 bits per heavy atom. The van der Waals surface area contributed by atoms with E-state index in [9.17, 15) is 0 Å². The van der Waals surface area contributed by atoms with Crippen molar-refractivity contribution in [2.24, 2.45) is 0 Å². The van der Waals surface area contributed by atoms with Gasteiger partial charge in [-0.25, -0.2) is 15.0 Å². The molecule has 0 spiro atoms. The molecule has 3 heterocycles. The van der Waals surface area contributed by atoms with Crippen LogP contribution in [0.4, 0.5) is 0 Å². The van der Waals surface area contributed by atoms with Crippen molar-refractivity contribution in [2.75, 3.05) is 0 Å². The molecule has 12 rings (SSSR count). The summed E-state index contributed by atoms with van der Waals surface area (Å²) in [6, 6.07) is 68.0. The maximum atomic E-state index is 6.49. The summed E-state index contributed by atoms with van der Waals surface area (Å²) in [6.07, 6.45) is 0. The molecular formula is C53H32N4O. The Bertz CT molecular complexity index is 3570. The second-order valence-electron chi connectivity index (χ2n) is 14.8. The molecule has 0 amide bonds. The van der Waals surface area contributed by atoms with Gasteiger partial charge in [0, 0.05) is 43.9 Å². The van der Waals surface area contributed by atoms with Crippen molar-refractivity contribution in [3.63, 3.8) is 0 Å². The highest BCUT2D eigenvalue weighted by Gasteiger charge is 2.20. The maximum absolute atomic E-state index is 6.49. The van der Waals surface area contributed by atoms with E-state index < -0.39 is 0 Å². The van der Waals surface area contributed by atoms with Gasteiger partial charge in [-0.3, -0.25) is 0 Å². The lowest BCUT2D eigenvalue weighted by Crippen LogP contribution is -2.01. The molecule has 9 aromatic carbocycles. The second-order valence-corrected chi connectivity index (χ2v) is 14.8. The lowest BCUT2D eigenvalue weighted by atomic mass is 9.92. The van der Waals surface area contributed by atoms with Crippen molar-refractivity contribution < 1.29 is 4.42 Å². The van der Waals surface area contributed by atoms with Gasteiger partial charge in [0.05, 0.1) is 11.0 Å². The summed E-state index contributed by atoms with van der Waals surface area (Å²) in [4.78, 5) is 15.6. The van der Waals surface area contributed by atoms with E-state index in [1.807, 2.05) is 18.2 Å². The fraction of sp³-hybridized carbons (Fsp3) is 0. The Kier molecular flexibility index (Phi) is 7.16. The highest BCUT2D eigenvalue weighted by Crippen LogP contribution is 2.43. The maximum Gasteiger partial charge on any atom is 0.164 e. The minimum Gasteiger partial charge on any atom is -0.456 e. The van der Waals surface area contributed by atoms with Gasteiger partial charge in [0.2, 0.25) is 0 Å². The van der Waals surface area contributed by atoms with Crippen molar-refractivity contribution in [2.45, 2.75) is 0 Å². The van der Waals surface area contributed by atoms with E-state index >= 15 is 0 Å².